The maximum atomic E-state index is 13.1. The second-order valence-electron chi connectivity index (χ2n) is 8.16. The summed E-state index contributed by atoms with van der Waals surface area (Å²) in [6.07, 6.45) is 0.896. The van der Waals surface area contributed by atoms with E-state index in [0.717, 1.165) is 32.0 Å². The van der Waals surface area contributed by atoms with Crippen LogP contribution >= 0.6 is 0 Å². The highest BCUT2D eigenvalue weighted by Gasteiger charge is 2.38. The van der Waals surface area contributed by atoms with Crippen LogP contribution in [0.2, 0.25) is 5.54 Å². The SMILES string of the molecule is COC1CN([C@H]2CCc3ccccc3[Si]C2C=Nc2ncnc3[nH]c(C(F)(F)F)cc23)C1. The molecule has 0 saturated carbocycles. The quantitative estimate of drug-likeness (QED) is 0.483. The molecule has 0 aliphatic carbocycles. The Morgan fingerprint density at radius 3 is 2.84 bits per heavy atom. The summed E-state index contributed by atoms with van der Waals surface area (Å²) < 4.78 is 44.9. The van der Waals surface area contributed by atoms with E-state index < -0.39 is 11.9 Å². The number of aromatic nitrogens is 3. The number of hydrogen-bond acceptors (Lipinski definition) is 5. The van der Waals surface area contributed by atoms with Crippen molar-refractivity contribution in [2.75, 3.05) is 20.2 Å². The number of aromatic amines is 1. The van der Waals surface area contributed by atoms with E-state index >= 15 is 0 Å². The zero-order chi connectivity index (χ0) is 22.3. The molecule has 4 heterocycles. The smallest absolute Gasteiger partial charge is 0.379 e. The minimum absolute atomic E-state index is 0.135. The van der Waals surface area contributed by atoms with Gasteiger partial charge in [-0.15, -0.1) is 0 Å². The van der Waals surface area contributed by atoms with Crippen LogP contribution in [-0.4, -0.2) is 67.9 Å². The summed E-state index contributed by atoms with van der Waals surface area (Å²) in [5, 5.41) is 1.59. The lowest BCUT2D eigenvalue weighted by Gasteiger charge is -2.45. The van der Waals surface area contributed by atoms with Gasteiger partial charge in [-0.3, -0.25) is 4.90 Å². The lowest BCUT2D eigenvalue weighted by Crippen LogP contribution is -2.58. The number of hydrogen-bond donors (Lipinski definition) is 1. The molecule has 166 valence electrons. The van der Waals surface area contributed by atoms with Gasteiger partial charge in [0.2, 0.25) is 0 Å². The number of ether oxygens (including phenoxy) is 1. The number of fused-ring (bicyclic) bond motifs is 2. The molecular weight excluding hydrogens is 435 g/mol. The average Bonchev–Trinajstić information content (AvgIpc) is 3.11. The number of rotatable bonds is 4. The minimum atomic E-state index is -4.48. The first kappa shape index (κ1) is 21.3. The van der Waals surface area contributed by atoms with Gasteiger partial charge in [0.1, 0.15) is 17.7 Å². The number of H-pyrrole nitrogens is 1. The summed E-state index contributed by atoms with van der Waals surface area (Å²) in [5.41, 5.74) is 0.789. The van der Waals surface area contributed by atoms with E-state index in [1.165, 1.54) is 17.1 Å². The van der Waals surface area contributed by atoms with Gasteiger partial charge in [-0.25, -0.2) is 15.0 Å². The standard InChI is InChI=1S/C22H22F3N5OSi/c1-31-14-10-30(11-14)16-7-6-13-4-2-3-5-17(13)32-18(16)9-26-20-15-8-19(22(23,24)25)29-21(15)28-12-27-20/h2-5,8-9,12,14,16,18H,6-7,10-11H2,1H3,(H,27,28,29)/t16-,18?/m0/s1. The zero-order valence-corrected chi connectivity index (χ0v) is 18.4. The summed E-state index contributed by atoms with van der Waals surface area (Å²) in [6, 6.07) is 9.79. The van der Waals surface area contributed by atoms with Crippen LogP contribution < -0.4 is 5.19 Å². The molecule has 10 heteroatoms. The average molecular weight is 458 g/mol. The molecule has 1 aromatic carbocycles. The highest BCUT2D eigenvalue weighted by Crippen LogP contribution is 2.34. The van der Waals surface area contributed by atoms with Gasteiger partial charge in [0.15, 0.2) is 5.82 Å². The Hall–Kier alpha value is -2.56. The number of methoxy groups -OCH3 is 1. The van der Waals surface area contributed by atoms with Crippen LogP contribution in [0.4, 0.5) is 19.0 Å². The molecule has 6 nitrogen and oxygen atoms in total. The van der Waals surface area contributed by atoms with Crippen LogP contribution in [0.3, 0.4) is 0 Å². The summed E-state index contributed by atoms with van der Waals surface area (Å²) in [6.45, 7) is 1.77. The first-order valence-electron chi connectivity index (χ1n) is 10.5. The fourth-order valence-electron chi connectivity index (χ4n) is 4.41. The van der Waals surface area contributed by atoms with Crippen molar-refractivity contribution in [3.8, 4) is 0 Å². The van der Waals surface area contributed by atoms with Crippen molar-refractivity contribution < 1.29 is 17.9 Å². The third kappa shape index (κ3) is 4.09. The third-order valence-electron chi connectivity index (χ3n) is 6.21. The van der Waals surface area contributed by atoms with Gasteiger partial charge in [-0.05, 0) is 24.5 Å². The van der Waals surface area contributed by atoms with Crippen LogP contribution in [0.25, 0.3) is 11.0 Å². The van der Waals surface area contributed by atoms with E-state index in [1.54, 1.807) is 7.11 Å². The van der Waals surface area contributed by atoms with Crippen LogP contribution in [0.15, 0.2) is 41.7 Å². The van der Waals surface area contributed by atoms with Crippen LogP contribution in [0.1, 0.15) is 17.7 Å². The lowest BCUT2D eigenvalue weighted by molar-refractivity contribution is -0.140. The van der Waals surface area contributed by atoms with E-state index in [1.807, 2.05) is 6.21 Å². The molecule has 3 aromatic rings. The first-order chi connectivity index (χ1) is 15.4. The maximum absolute atomic E-state index is 13.1. The van der Waals surface area contributed by atoms with Crippen molar-refractivity contribution in [3.05, 3.63) is 47.9 Å². The Morgan fingerprint density at radius 1 is 1.25 bits per heavy atom. The Balaban J connectivity index is 1.46. The van der Waals surface area contributed by atoms with Gasteiger partial charge in [0, 0.05) is 38.0 Å². The number of halogens is 3. The Labute approximate surface area is 185 Å². The van der Waals surface area contributed by atoms with Crippen molar-refractivity contribution in [2.45, 2.75) is 36.7 Å². The molecule has 0 bridgehead atoms. The maximum Gasteiger partial charge on any atom is 0.431 e. The molecule has 2 atom stereocenters. The fraction of sp³-hybridized carbons (Fsp3) is 0.409. The van der Waals surface area contributed by atoms with Gasteiger partial charge in [-0.1, -0.05) is 29.5 Å². The van der Waals surface area contributed by atoms with Gasteiger partial charge in [-0.2, -0.15) is 13.2 Å². The number of aliphatic imine (C=N–C) groups is 1. The molecule has 1 N–H and O–H groups in total. The molecule has 0 amide bonds. The van der Waals surface area contributed by atoms with Crippen molar-refractivity contribution in [1.29, 1.82) is 0 Å². The van der Waals surface area contributed by atoms with Gasteiger partial charge in [0.25, 0.3) is 0 Å². The molecular formula is C22H22F3N5OSi. The number of nitrogens with one attached hydrogen (secondary N) is 1. The van der Waals surface area contributed by atoms with E-state index in [0.29, 0.717) is 15.6 Å². The number of aryl methyl sites for hydroxylation is 1. The molecule has 2 aliphatic rings. The summed E-state index contributed by atoms with van der Waals surface area (Å²) >= 11 is 0. The van der Waals surface area contributed by atoms with E-state index in [4.69, 9.17) is 4.74 Å². The molecule has 32 heavy (non-hydrogen) atoms. The van der Waals surface area contributed by atoms with Gasteiger partial charge in [0.05, 0.1) is 21.0 Å². The fourth-order valence-corrected chi connectivity index (χ4v) is 6.07. The number of benzene rings is 1. The normalized spacial score (nSPS) is 22.8. The second-order valence-corrected chi connectivity index (χ2v) is 9.66. The van der Waals surface area contributed by atoms with E-state index in [9.17, 15) is 13.2 Å². The van der Waals surface area contributed by atoms with Crippen molar-refractivity contribution >= 4 is 37.8 Å². The number of alkyl halides is 3. The van der Waals surface area contributed by atoms with Crippen molar-refractivity contribution in [2.24, 2.45) is 4.99 Å². The molecule has 1 fully saturated rings. The van der Waals surface area contributed by atoms with Crippen LogP contribution in [0, 0.1) is 0 Å². The summed E-state index contributed by atoms with van der Waals surface area (Å²) in [5.74, 6) is 0.251. The van der Waals surface area contributed by atoms with Crippen molar-refractivity contribution in [1.82, 2.24) is 19.9 Å². The lowest BCUT2D eigenvalue weighted by atomic mass is 9.98. The van der Waals surface area contributed by atoms with Crippen LogP contribution in [0.5, 0.6) is 0 Å². The minimum Gasteiger partial charge on any atom is -0.379 e. The van der Waals surface area contributed by atoms with E-state index in [-0.39, 0.29) is 28.5 Å². The zero-order valence-electron chi connectivity index (χ0n) is 17.4. The topological polar surface area (TPSA) is 66.4 Å². The highest BCUT2D eigenvalue weighted by molar-refractivity contribution is 6.59. The molecule has 1 unspecified atom stereocenters. The first-order valence-corrected chi connectivity index (χ1v) is 11.6. The second kappa shape index (κ2) is 8.42. The molecule has 5 rings (SSSR count). The van der Waals surface area contributed by atoms with Crippen LogP contribution in [-0.2, 0) is 17.3 Å². The highest BCUT2D eigenvalue weighted by atomic mass is 28.2. The Morgan fingerprint density at radius 2 is 2.06 bits per heavy atom. The molecule has 1 saturated heterocycles. The summed E-state index contributed by atoms with van der Waals surface area (Å²) in [4.78, 5) is 17.4. The molecule has 2 radical (unpaired) electrons. The predicted octanol–water partition coefficient (Wildman–Crippen LogP) is 3.14. The molecule has 2 aromatic heterocycles. The van der Waals surface area contributed by atoms with E-state index in [2.05, 4.69) is 49.1 Å². The monoisotopic (exact) mass is 457 g/mol. The largest absolute Gasteiger partial charge is 0.431 e. The van der Waals surface area contributed by atoms with Gasteiger partial charge >= 0.3 is 6.18 Å². The predicted molar refractivity (Wildman–Crippen MR) is 117 cm³/mol. The Bertz CT molecular complexity index is 1140. The van der Waals surface area contributed by atoms with Gasteiger partial charge < -0.3 is 9.72 Å². The number of nitrogens with zero attached hydrogens (tertiary/aromatic N) is 4. The summed E-state index contributed by atoms with van der Waals surface area (Å²) in [7, 11) is 2.26. The number of likely N-dealkylation sites (tertiary alicyclic amines) is 1. The molecule has 2 aliphatic heterocycles. The molecule has 0 spiro atoms. The Kier molecular flexibility index (Phi) is 5.60. The van der Waals surface area contributed by atoms with Crippen molar-refractivity contribution in [3.63, 3.8) is 0 Å². The third-order valence-corrected chi connectivity index (χ3v) is 7.88.